The van der Waals surface area contributed by atoms with Crippen molar-refractivity contribution in [2.24, 2.45) is 0 Å². The van der Waals surface area contributed by atoms with E-state index in [0.29, 0.717) is 6.61 Å². The van der Waals surface area contributed by atoms with E-state index >= 15 is 0 Å². The average molecular weight is 719 g/mol. The summed E-state index contributed by atoms with van der Waals surface area (Å²) in [5, 5.41) is 9.35. The van der Waals surface area contributed by atoms with E-state index in [9.17, 15) is 5.11 Å². The van der Waals surface area contributed by atoms with Crippen molar-refractivity contribution in [3.8, 4) is 0 Å². The summed E-state index contributed by atoms with van der Waals surface area (Å²) in [6.07, 6.45) is 2.27. The summed E-state index contributed by atoms with van der Waals surface area (Å²) in [5.74, 6) is 0. The van der Waals surface area contributed by atoms with Crippen LogP contribution in [0, 0.1) is 38.5 Å². The first kappa shape index (κ1) is 26.8. The van der Waals surface area contributed by atoms with Gasteiger partial charge >= 0.3 is 0 Å². The van der Waals surface area contributed by atoms with Crippen LogP contribution < -0.4 is 0 Å². The van der Waals surface area contributed by atoms with Crippen molar-refractivity contribution in [3.63, 3.8) is 0 Å². The second-order valence-corrected chi connectivity index (χ2v) is 3.27. The monoisotopic (exact) mass is 719 g/mol. The average Bonchev–Trinajstić information content (AvgIpc) is 2.36. The summed E-state index contributed by atoms with van der Waals surface area (Å²) in [4.78, 5) is 0. The van der Waals surface area contributed by atoms with Crippen LogP contribution in [0.15, 0.2) is 0 Å². The van der Waals surface area contributed by atoms with Gasteiger partial charge in [-0.2, -0.15) is 0 Å². The zero-order valence-electron chi connectivity index (χ0n) is 8.77. The summed E-state index contributed by atoms with van der Waals surface area (Å²) in [6, 6.07) is 0. The third-order valence-corrected chi connectivity index (χ3v) is 2.68. The molecule has 3 atom stereocenters. The molecule has 2 N–H and O–H groups in total. The molecule has 1 aliphatic carbocycles. The maximum atomic E-state index is 9.35. The normalized spacial score (nSPS) is 35.6. The van der Waals surface area contributed by atoms with Gasteiger partial charge in [0.15, 0.2) is 0 Å². The van der Waals surface area contributed by atoms with Crippen LogP contribution in [0.4, 0.5) is 0 Å². The number of hydrogen-bond acceptors (Lipinski definition) is 2. The predicted octanol–water partition coefficient (Wildman–Crippen LogP) is 1.16. The zero-order chi connectivity index (χ0) is 7.19. The minimum absolute atomic E-state index is 0. The molecule has 3 nitrogen and oxygen atoms in total. The summed E-state index contributed by atoms with van der Waals surface area (Å²) in [7, 11) is 0. The van der Waals surface area contributed by atoms with Gasteiger partial charge < -0.3 is 23.0 Å². The van der Waals surface area contributed by atoms with E-state index in [1.807, 2.05) is 0 Å². The number of hydrogen-bond donors (Lipinski definition) is 1. The molecule has 84 valence electrons. The summed E-state index contributed by atoms with van der Waals surface area (Å²) in [6.45, 7) is 0.369. The van der Waals surface area contributed by atoms with Crippen LogP contribution in [-0.4, -0.2) is 29.5 Å². The van der Waals surface area contributed by atoms with Gasteiger partial charge in [-0.3, -0.25) is 0 Å². The Morgan fingerprint density at radius 3 is 2.40 bits per heavy atom. The molecule has 0 spiro atoms. The van der Waals surface area contributed by atoms with Crippen molar-refractivity contribution in [1.29, 1.82) is 0 Å². The number of nitrogens with one attached hydrogen (secondary N) is 1. The Bertz CT molecular complexity index is 172. The molecule has 15 heavy (non-hydrogen) atoms. The van der Waals surface area contributed by atoms with Gasteiger partial charge in [-0.25, -0.2) is 0 Å². The molecule has 1 saturated carbocycles. The molecule has 1 heterocycles. The second kappa shape index (κ2) is 11.2. The molecule has 0 aromatic rings. The third-order valence-electron chi connectivity index (χ3n) is 2.68. The van der Waals surface area contributed by atoms with Crippen LogP contribution in [0.3, 0.4) is 0 Å². The second-order valence-electron chi connectivity index (χ2n) is 3.27. The number of aliphatic hydroxyl groups excluding tert-OH is 1. The molecule has 1 unspecified atom stereocenters. The van der Waals surface area contributed by atoms with Crippen molar-refractivity contribution < 1.29 is 113 Å². The van der Waals surface area contributed by atoms with Crippen molar-refractivity contribution >= 4 is 0 Å². The van der Waals surface area contributed by atoms with Crippen LogP contribution in [0.25, 0.3) is 5.73 Å². The summed E-state index contributed by atoms with van der Waals surface area (Å²) in [5.41, 5.74) is 7.18. The molecule has 2 fully saturated rings. The maximum absolute atomic E-state index is 9.35. The molecular formula is C8H15NO2UVWY-2. The predicted molar refractivity (Wildman–Crippen MR) is 43.1 cm³/mol. The molecule has 0 amide bonds. The largest absolute Gasteiger partial charge is 0.668 e. The smallest absolute Gasteiger partial charge is 0.0718 e. The standard InChI is InChI=1S/C7H12NO2.CH3.U.V.W.Y/c8-7-3-1-2-6(7)10-4-5(7)9;;;;;/h5-6,8-9H,1-4H2;1H3;;;;/q2*-1;;;;/t5?,6-,7+;;;;;/m1...../s1. The minimum atomic E-state index is -0.653. The molecule has 2 rings (SSSR count). The molecule has 2 radical (unpaired) electrons. The van der Waals surface area contributed by atoms with Gasteiger partial charge in [0.05, 0.1) is 12.7 Å². The quantitative estimate of drug-likeness (QED) is 0.383. The van der Waals surface area contributed by atoms with Gasteiger partial charge in [0, 0.05) is 110 Å². The Balaban J connectivity index is -0.000000121. The van der Waals surface area contributed by atoms with E-state index in [-0.39, 0.29) is 117 Å². The number of fused-ring (bicyclic) bond motifs is 1. The van der Waals surface area contributed by atoms with E-state index in [2.05, 4.69) is 0 Å². The Kier molecular flexibility index (Phi) is 19.9. The number of aliphatic hydroxyl groups is 1. The Hall–Kier alpha value is 3.31. The molecule has 1 aliphatic heterocycles. The Morgan fingerprint density at radius 1 is 1.40 bits per heavy atom. The van der Waals surface area contributed by atoms with Crippen molar-refractivity contribution in [2.45, 2.75) is 37.0 Å². The molecule has 2 aliphatic rings. The van der Waals surface area contributed by atoms with Crippen LogP contribution >= 0.6 is 0 Å². The summed E-state index contributed by atoms with van der Waals surface area (Å²) < 4.78 is 5.25. The topological polar surface area (TPSA) is 53.3 Å². The van der Waals surface area contributed by atoms with Crippen LogP contribution in [0.5, 0.6) is 0 Å². The zero-order valence-corrected chi connectivity index (χ0v) is 20.1. The van der Waals surface area contributed by atoms with Crippen molar-refractivity contribution in [2.75, 3.05) is 6.61 Å². The minimum Gasteiger partial charge on any atom is -0.668 e. The molecule has 1 saturated heterocycles. The first-order valence-electron chi connectivity index (χ1n) is 3.78. The van der Waals surface area contributed by atoms with Gasteiger partial charge in [0.25, 0.3) is 0 Å². The number of ether oxygens (including phenoxy) is 1. The molecular weight excluding hydrogens is 704 g/mol. The van der Waals surface area contributed by atoms with Gasteiger partial charge in [0.2, 0.25) is 0 Å². The van der Waals surface area contributed by atoms with E-state index in [1.165, 1.54) is 0 Å². The van der Waals surface area contributed by atoms with Crippen LogP contribution in [0.2, 0.25) is 0 Å². The first-order valence-corrected chi connectivity index (χ1v) is 3.78. The number of rotatable bonds is 0. The third kappa shape index (κ3) is 5.44. The van der Waals surface area contributed by atoms with Crippen LogP contribution in [0.1, 0.15) is 19.3 Å². The maximum Gasteiger partial charge on any atom is 0.0718 e. The van der Waals surface area contributed by atoms with E-state index in [0.717, 1.165) is 19.3 Å². The summed E-state index contributed by atoms with van der Waals surface area (Å²) >= 11 is 0. The van der Waals surface area contributed by atoms with Gasteiger partial charge in [-0.15, -0.1) is 0 Å². The van der Waals surface area contributed by atoms with E-state index in [1.54, 1.807) is 0 Å². The molecule has 0 aromatic carbocycles. The van der Waals surface area contributed by atoms with Crippen molar-refractivity contribution in [1.82, 2.24) is 0 Å². The van der Waals surface area contributed by atoms with Gasteiger partial charge in [0.1, 0.15) is 0 Å². The molecule has 0 aromatic heterocycles. The Labute approximate surface area is 167 Å². The van der Waals surface area contributed by atoms with E-state index in [4.69, 9.17) is 10.5 Å². The fraction of sp³-hybridized carbons (Fsp3) is 0.875. The fourth-order valence-corrected chi connectivity index (χ4v) is 1.97. The van der Waals surface area contributed by atoms with Gasteiger partial charge in [-0.05, 0) is 6.42 Å². The van der Waals surface area contributed by atoms with E-state index < -0.39 is 11.6 Å². The first-order chi connectivity index (χ1) is 4.73. The Morgan fingerprint density at radius 2 is 1.93 bits per heavy atom. The molecule has 7 heteroatoms. The molecule has 0 bridgehead atoms. The fourth-order valence-electron chi connectivity index (χ4n) is 1.97. The van der Waals surface area contributed by atoms with Crippen molar-refractivity contribution in [3.05, 3.63) is 13.2 Å². The SMILES string of the molecule is [CH3-].[NH-][C@]12CCC[C@H]1OCC2O.[U].[V].[W].[Y]. The van der Waals surface area contributed by atoms with Gasteiger partial charge in [-0.1, -0.05) is 18.4 Å². The van der Waals surface area contributed by atoms with Crippen LogP contribution in [-0.2, 0) is 77.1 Å².